The van der Waals surface area contributed by atoms with Crippen LogP contribution in [0.15, 0.2) is 35.1 Å². The van der Waals surface area contributed by atoms with E-state index in [-0.39, 0.29) is 16.9 Å². The number of aromatic nitrogens is 1. The van der Waals surface area contributed by atoms with Crippen molar-refractivity contribution in [3.63, 3.8) is 0 Å². The Bertz CT molecular complexity index is 799. The average Bonchev–Trinajstić information content (AvgIpc) is 2.53. The number of pyridine rings is 1. The Balaban J connectivity index is 2.26. The number of alkyl halides is 3. The summed E-state index contributed by atoms with van der Waals surface area (Å²) in [5.41, 5.74) is -1.44. The van der Waals surface area contributed by atoms with E-state index in [9.17, 15) is 23.1 Å². The first kappa shape index (κ1) is 16.8. The fourth-order valence-electron chi connectivity index (χ4n) is 3.45. The molecule has 1 fully saturated rings. The Morgan fingerprint density at radius 2 is 1.96 bits per heavy atom. The molecule has 0 aliphatic carbocycles. The van der Waals surface area contributed by atoms with Gasteiger partial charge in [-0.15, -0.1) is 0 Å². The maximum absolute atomic E-state index is 13.3. The quantitative estimate of drug-likeness (QED) is 0.914. The number of piperidine rings is 1. The highest BCUT2D eigenvalue weighted by atomic mass is 19.4. The molecule has 130 valence electrons. The van der Waals surface area contributed by atoms with Crippen LogP contribution in [0.1, 0.15) is 31.7 Å². The molecule has 0 saturated carbocycles. The number of rotatable bonds is 2. The third-order valence-corrected chi connectivity index (χ3v) is 4.54. The lowest BCUT2D eigenvalue weighted by Crippen LogP contribution is -2.55. The third-order valence-electron chi connectivity index (χ3n) is 4.54. The van der Waals surface area contributed by atoms with Crippen LogP contribution in [-0.2, 0) is 6.18 Å². The van der Waals surface area contributed by atoms with Crippen LogP contribution in [-0.4, -0.2) is 28.5 Å². The van der Waals surface area contributed by atoms with Gasteiger partial charge in [-0.3, -0.25) is 4.79 Å². The van der Waals surface area contributed by atoms with Crippen LogP contribution >= 0.6 is 0 Å². The Labute approximate surface area is 137 Å². The van der Waals surface area contributed by atoms with Crippen LogP contribution in [0.25, 0.3) is 10.9 Å². The summed E-state index contributed by atoms with van der Waals surface area (Å²) in [4.78, 5) is 12.5. The Hall–Kier alpha value is -2.02. The molecule has 2 aromatic rings. The van der Waals surface area contributed by atoms with Gasteiger partial charge in [-0.05, 0) is 32.3 Å². The van der Waals surface area contributed by atoms with Crippen molar-refractivity contribution < 1.29 is 18.3 Å². The maximum Gasteiger partial charge on any atom is 0.417 e. The summed E-state index contributed by atoms with van der Waals surface area (Å²) in [7, 11) is 0. The van der Waals surface area contributed by atoms with Crippen molar-refractivity contribution >= 4 is 10.9 Å². The molecule has 4 nitrogen and oxygen atoms in total. The standard InChI is InChI=1S/C17H19F3N2O2/c1-11(23)14-7-4-5-9-21(14)22-15-8-3-2-6-12(15)13(10-16(22)24)17(18,19)20/h2-3,6,8,10-11,14,23H,4-5,7,9H2,1H3/t11-,14-/m1/s1. The van der Waals surface area contributed by atoms with Crippen molar-refractivity contribution in [2.75, 3.05) is 11.6 Å². The van der Waals surface area contributed by atoms with E-state index in [4.69, 9.17) is 0 Å². The lowest BCUT2D eigenvalue weighted by Gasteiger charge is -2.40. The molecule has 1 aliphatic heterocycles. The van der Waals surface area contributed by atoms with E-state index in [1.807, 2.05) is 0 Å². The van der Waals surface area contributed by atoms with Gasteiger partial charge in [-0.1, -0.05) is 18.2 Å². The van der Waals surface area contributed by atoms with E-state index >= 15 is 0 Å². The normalized spacial score (nSPS) is 20.4. The number of aliphatic hydroxyl groups is 1. The highest BCUT2D eigenvalue weighted by molar-refractivity contribution is 5.83. The van der Waals surface area contributed by atoms with E-state index < -0.39 is 23.4 Å². The van der Waals surface area contributed by atoms with E-state index in [0.29, 0.717) is 19.0 Å². The molecule has 24 heavy (non-hydrogen) atoms. The molecule has 0 radical (unpaired) electrons. The molecular weight excluding hydrogens is 321 g/mol. The van der Waals surface area contributed by atoms with Crippen molar-refractivity contribution in [1.82, 2.24) is 4.68 Å². The minimum absolute atomic E-state index is 0.0143. The first-order chi connectivity index (χ1) is 11.3. The van der Waals surface area contributed by atoms with Crippen LogP contribution < -0.4 is 10.6 Å². The molecule has 0 spiro atoms. The summed E-state index contributed by atoms with van der Waals surface area (Å²) in [5, 5.41) is 11.7. The van der Waals surface area contributed by atoms with Crippen molar-refractivity contribution in [3.8, 4) is 0 Å². The van der Waals surface area contributed by atoms with Gasteiger partial charge in [0, 0.05) is 18.0 Å². The number of fused-ring (bicyclic) bond motifs is 1. The fraction of sp³-hybridized carbons (Fsp3) is 0.471. The highest BCUT2D eigenvalue weighted by Gasteiger charge is 2.35. The van der Waals surface area contributed by atoms with Crippen LogP contribution in [0.3, 0.4) is 0 Å². The van der Waals surface area contributed by atoms with Crippen LogP contribution in [0.5, 0.6) is 0 Å². The molecule has 1 saturated heterocycles. The predicted molar refractivity (Wildman–Crippen MR) is 85.6 cm³/mol. The van der Waals surface area contributed by atoms with Gasteiger partial charge in [0.15, 0.2) is 0 Å². The average molecular weight is 340 g/mol. The topological polar surface area (TPSA) is 45.5 Å². The zero-order valence-electron chi connectivity index (χ0n) is 13.3. The molecule has 0 amide bonds. The van der Waals surface area contributed by atoms with Gasteiger partial charge in [-0.2, -0.15) is 13.2 Å². The zero-order valence-corrected chi connectivity index (χ0v) is 13.3. The molecule has 2 atom stereocenters. The first-order valence-corrected chi connectivity index (χ1v) is 7.97. The molecular formula is C17H19F3N2O2. The van der Waals surface area contributed by atoms with Crippen molar-refractivity contribution in [2.24, 2.45) is 0 Å². The van der Waals surface area contributed by atoms with Gasteiger partial charge in [0.1, 0.15) is 0 Å². The maximum atomic E-state index is 13.3. The van der Waals surface area contributed by atoms with E-state index in [0.717, 1.165) is 12.8 Å². The van der Waals surface area contributed by atoms with E-state index in [1.54, 1.807) is 18.0 Å². The fourth-order valence-corrected chi connectivity index (χ4v) is 3.45. The largest absolute Gasteiger partial charge is 0.417 e. The van der Waals surface area contributed by atoms with Crippen LogP contribution in [0.2, 0.25) is 0 Å². The number of hydrogen-bond acceptors (Lipinski definition) is 3. The number of aliphatic hydroxyl groups excluding tert-OH is 1. The Morgan fingerprint density at radius 1 is 1.25 bits per heavy atom. The van der Waals surface area contributed by atoms with Gasteiger partial charge in [0.2, 0.25) is 0 Å². The molecule has 1 N–H and O–H groups in total. The summed E-state index contributed by atoms with van der Waals surface area (Å²) < 4.78 is 41.1. The van der Waals surface area contributed by atoms with Gasteiger partial charge < -0.3 is 10.1 Å². The summed E-state index contributed by atoms with van der Waals surface area (Å²) in [6.45, 7) is 2.16. The number of nitrogens with zero attached hydrogens (tertiary/aromatic N) is 2. The number of hydrogen-bond donors (Lipinski definition) is 1. The summed E-state index contributed by atoms with van der Waals surface area (Å²) in [5.74, 6) is 0. The van der Waals surface area contributed by atoms with Crippen molar-refractivity contribution in [1.29, 1.82) is 0 Å². The molecule has 7 heteroatoms. The highest BCUT2D eigenvalue weighted by Crippen LogP contribution is 2.34. The second kappa shape index (κ2) is 6.12. The van der Waals surface area contributed by atoms with Gasteiger partial charge in [-0.25, -0.2) is 4.68 Å². The Morgan fingerprint density at radius 3 is 2.62 bits per heavy atom. The molecule has 0 unspecified atom stereocenters. The third kappa shape index (κ3) is 2.88. The lowest BCUT2D eigenvalue weighted by molar-refractivity contribution is -0.136. The minimum Gasteiger partial charge on any atom is -0.391 e. The molecule has 2 heterocycles. The van der Waals surface area contributed by atoms with Gasteiger partial charge >= 0.3 is 6.18 Å². The first-order valence-electron chi connectivity index (χ1n) is 7.97. The predicted octanol–water partition coefficient (Wildman–Crippen LogP) is 2.89. The van der Waals surface area contributed by atoms with E-state index in [2.05, 4.69) is 0 Å². The zero-order chi connectivity index (χ0) is 17.5. The SMILES string of the molecule is C[C@@H](O)[C@H]1CCCCN1n1c(=O)cc(C(F)(F)F)c2ccccc21. The van der Waals surface area contributed by atoms with Gasteiger partial charge in [0.05, 0.1) is 23.2 Å². The summed E-state index contributed by atoms with van der Waals surface area (Å²) >= 11 is 0. The number of benzene rings is 1. The molecule has 1 aromatic heterocycles. The smallest absolute Gasteiger partial charge is 0.391 e. The molecule has 0 bridgehead atoms. The lowest BCUT2D eigenvalue weighted by atomic mass is 10.00. The van der Waals surface area contributed by atoms with E-state index in [1.165, 1.54) is 22.9 Å². The van der Waals surface area contributed by atoms with Crippen molar-refractivity contribution in [3.05, 3.63) is 46.2 Å². The van der Waals surface area contributed by atoms with Gasteiger partial charge in [0.25, 0.3) is 5.56 Å². The van der Waals surface area contributed by atoms with Crippen LogP contribution in [0.4, 0.5) is 13.2 Å². The second-order valence-corrected chi connectivity index (χ2v) is 6.19. The minimum atomic E-state index is -4.59. The molecule has 3 rings (SSSR count). The monoisotopic (exact) mass is 340 g/mol. The second-order valence-electron chi connectivity index (χ2n) is 6.19. The summed E-state index contributed by atoms with van der Waals surface area (Å²) in [6, 6.07) is 6.37. The molecule has 1 aliphatic rings. The summed E-state index contributed by atoms with van der Waals surface area (Å²) in [6.07, 6.45) is -2.84. The van der Waals surface area contributed by atoms with Crippen LogP contribution in [0, 0.1) is 0 Å². The Kier molecular flexibility index (Phi) is 4.29. The van der Waals surface area contributed by atoms with Crippen molar-refractivity contribution in [2.45, 2.75) is 44.5 Å². The molecule has 1 aromatic carbocycles. The number of para-hydroxylation sites is 1. The number of halogens is 3.